The van der Waals surface area contributed by atoms with E-state index in [4.69, 9.17) is 15.0 Å². The maximum atomic E-state index is 17.2. The van der Waals surface area contributed by atoms with Crippen LogP contribution in [0.25, 0.3) is 32.1 Å². The van der Waals surface area contributed by atoms with Gasteiger partial charge in [0.15, 0.2) is 5.82 Å². The summed E-state index contributed by atoms with van der Waals surface area (Å²) >= 11 is 0.667. The predicted molar refractivity (Wildman–Crippen MR) is 185 cm³/mol. The molecule has 2 N–H and O–H groups in total. The van der Waals surface area contributed by atoms with E-state index in [0.29, 0.717) is 30.7 Å². The van der Waals surface area contributed by atoms with Gasteiger partial charge in [0, 0.05) is 55.0 Å². The number of halogens is 6. The minimum Gasteiger partial charge on any atom is -0.461 e. The lowest BCUT2D eigenvalue weighted by atomic mass is 9.92. The summed E-state index contributed by atoms with van der Waals surface area (Å²) in [6.45, 7) is 3.12. The van der Waals surface area contributed by atoms with Crippen LogP contribution >= 0.6 is 11.3 Å². The molecule has 1 amide bonds. The van der Waals surface area contributed by atoms with Crippen molar-refractivity contribution < 1.29 is 40.4 Å². The number of fused-ring (bicyclic) bond motifs is 3. The van der Waals surface area contributed by atoms with E-state index in [0.717, 1.165) is 31.0 Å². The summed E-state index contributed by atoms with van der Waals surface area (Å²) in [6.07, 6.45) is -3.18. The number of carbonyl (C=O) groups is 1. The molecule has 0 spiro atoms. The lowest BCUT2D eigenvalue weighted by Crippen LogP contribution is -2.43. The zero-order chi connectivity index (χ0) is 38.1. The second kappa shape index (κ2) is 13.3. The highest BCUT2D eigenvalue weighted by Crippen LogP contribution is 2.48. The number of nitrogens with zero attached hydrogens (tertiary/aromatic N) is 8. The van der Waals surface area contributed by atoms with Gasteiger partial charge in [-0.25, -0.2) is 13.2 Å². The van der Waals surface area contributed by atoms with Crippen LogP contribution in [0.3, 0.4) is 0 Å². The van der Waals surface area contributed by atoms with E-state index < -0.39 is 63.7 Å². The Hall–Kier alpha value is -5.22. The fourth-order valence-corrected chi connectivity index (χ4v) is 9.23. The number of likely N-dealkylation sites (N-methyl/N-ethyl adjacent to an activating group) is 1. The van der Waals surface area contributed by atoms with Gasteiger partial charge in [0.25, 0.3) is 11.7 Å². The van der Waals surface area contributed by atoms with E-state index in [-0.39, 0.29) is 82.9 Å². The fourth-order valence-electron chi connectivity index (χ4n) is 8.29. The number of amides is 1. The summed E-state index contributed by atoms with van der Waals surface area (Å²) in [4.78, 5) is 30.9. The van der Waals surface area contributed by atoms with E-state index in [1.165, 1.54) is 4.90 Å². The Morgan fingerprint density at radius 2 is 2.06 bits per heavy atom. The average molecular weight is 772 g/mol. The Morgan fingerprint density at radius 1 is 1.24 bits per heavy atom. The number of likely N-dealkylation sites (tertiary alicyclic amines) is 1. The second-order valence-corrected chi connectivity index (χ2v) is 14.7. The smallest absolute Gasteiger partial charge is 0.417 e. The van der Waals surface area contributed by atoms with E-state index >= 15 is 17.6 Å². The molecule has 282 valence electrons. The number of anilines is 2. The summed E-state index contributed by atoms with van der Waals surface area (Å²) < 4.78 is 103. The zero-order valence-corrected chi connectivity index (χ0v) is 29.4. The molecule has 0 bridgehead atoms. The molecule has 3 aliphatic rings. The third-order valence-electron chi connectivity index (χ3n) is 10.7. The molecule has 3 unspecified atom stereocenters. The summed E-state index contributed by atoms with van der Waals surface area (Å²) in [5, 5.41) is 12.8. The summed E-state index contributed by atoms with van der Waals surface area (Å²) in [6, 6.07) is 3.60. The van der Waals surface area contributed by atoms with Gasteiger partial charge in [0.1, 0.15) is 41.0 Å². The first-order valence-electron chi connectivity index (χ1n) is 17.2. The number of aromatic nitrogens is 4. The van der Waals surface area contributed by atoms with Crippen LogP contribution in [0.2, 0.25) is 0 Å². The molecule has 12 nitrogen and oxygen atoms in total. The van der Waals surface area contributed by atoms with Crippen molar-refractivity contribution in [2.45, 2.75) is 56.5 Å². The molecule has 0 saturated carbocycles. The number of benzene rings is 2. The van der Waals surface area contributed by atoms with Crippen LogP contribution in [0.1, 0.15) is 54.4 Å². The maximum Gasteiger partial charge on any atom is 0.417 e. The quantitative estimate of drug-likeness (QED) is 0.176. The van der Waals surface area contributed by atoms with Crippen molar-refractivity contribution in [2.24, 2.45) is 0 Å². The SMILES string of the molecule is CCN(c1nc(OCC23CCCN2CC(F)C3)nc2c(F)c(-c3ccc(F)c4sc(N)c(C#N)c34)c(C(F)(F)F)cc12)C1CCN(C(=O)c2ncon2)C1. The first-order chi connectivity index (χ1) is 25.8. The first kappa shape index (κ1) is 35.8. The van der Waals surface area contributed by atoms with Crippen LogP contribution in [0, 0.1) is 23.0 Å². The number of thiophene rings is 1. The lowest BCUT2D eigenvalue weighted by Gasteiger charge is -2.32. The first-order valence-corrected chi connectivity index (χ1v) is 18.0. The van der Waals surface area contributed by atoms with Gasteiger partial charge in [-0.15, -0.1) is 11.3 Å². The van der Waals surface area contributed by atoms with Gasteiger partial charge in [-0.05, 0) is 50.4 Å². The van der Waals surface area contributed by atoms with Crippen molar-refractivity contribution in [1.82, 2.24) is 29.9 Å². The molecule has 2 aromatic carbocycles. The van der Waals surface area contributed by atoms with Gasteiger partial charge in [0.05, 0.1) is 21.4 Å². The standard InChI is InChI=1S/C35H31F6N9O3S/c1-2-50(18-6-9-48(14-18)32(51)30-44-16-53-47-30)31-20-10-22(35(39,40)41)25(19-4-5-23(37)28-24(19)21(12-42)29(43)54-28)26(38)27(20)45-33(46-31)52-15-34-7-3-8-49(34)13-17(36)11-34/h4-5,10,16-18H,2-3,6-9,11,13-15,43H2,1H3. The van der Waals surface area contributed by atoms with Crippen molar-refractivity contribution >= 4 is 49.1 Å². The molecular weight excluding hydrogens is 740 g/mol. The molecule has 5 aromatic rings. The van der Waals surface area contributed by atoms with Gasteiger partial charge in [-0.1, -0.05) is 11.2 Å². The number of alkyl halides is 4. The van der Waals surface area contributed by atoms with Crippen molar-refractivity contribution in [3.8, 4) is 23.2 Å². The van der Waals surface area contributed by atoms with Gasteiger partial charge >= 0.3 is 12.2 Å². The molecule has 3 aromatic heterocycles. The van der Waals surface area contributed by atoms with E-state index in [2.05, 4.69) is 20.1 Å². The number of nitrogens with two attached hydrogens (primary N) is 1. The highest BCUT2D eigenvalue weighted by molar-refractivity contribution is 7.23. The minimum absolute atomic E-state index is 0.0473. The number of hydrogen-bond acceptors (Lipinski definition) is 12. The topological polar surface area (TPSA) is 151 Å². The van der Waals surface area contributed by atoms with Crippen LogP contribution in [0.5, 0.6) is 6.01 Å². The molecule has 3 atom stereocenters. The molecule has 8 rings (SSSR count). The third-order valence-corrected chi connectivity index (χ3v) is 11.7. The highest BCUT2D eigenvalue weighted by Gasteiger charge is 2.49. The Bertz CT molecular complexity index is 2330. The number of rotatable bonds is 8. The summed E-state index contributed by atoms with van der Waals surface area (Å²) in [5.41, 5.74) is 1.74. The van der Waals surface area contributed by atoms with E-state index in [1.807, 2.05) is 11.0 Å². The molecule has 0 aliphatic carbocycles. The number of carbonyl (C=O) groups excluding carboxylic acids is 1. The van der Waals surface area contributed by atoms with Gasteiger partial charge in [-0.3, -0.25) is 9.69 Å². The summed E-state index contributed by atoms with van der Waals surface area (Å²) in [7, 11) is 0. The fraction of sp³-hybridized carbons (Fsp3) is 0.429. The van der Waals surface area contributed by atoms with Crippen molar-refractivity contribution in [2.75, 3.05) is 50.0 Å². The number of nitriles is 1. The minimum atomic E-state index is -5.15. The van der Waals surface area contributed by atoms with Crippen molar-refractivity contribution in [3.05, 3.63) is 53.2 Å². The number of ether oxygens (including phenoxy) is 1. The molecule has 0 radical (unpaired) electrons. The molecule has 19 heteroatoms. The van der Waals surface area contributed by atoms with Crippen LogP contribution in [0.15, 0.2) is 29.1 Å². The Balaban J connectivity index is 1.31. The summed E-state index contributed by atoms with van der Waals surface area (Å²) in [5.74, 6) is -2.99. The van der Waals surface area contributed by atoms with Crippen molar-refractivity contribution in [3.63, 3.8) is 0 Å². The van der Waals surface area contributed by atoms with Crippen LogP contribution in [-0.4, -0.2) is 92.9 Å². The molecule has 6 heterocycles. The largest absolute Gasteiger partial charge is 0.461 e. The molecular formula is C35H31F6N9O3S. The Morgan fingerprint density at radius 3 is 2.78 bits per heavy atom. The van der Waals surface area contributed by atoms with Crippen LogP contribution in [0.4, 0.5) is 37.2 Å². The second-order valence-electron chi connectivity index (χ2n) is 13.7. The molecule has 3 aliphatic heterocycles. The lowest BCUT2D eigenvalue weighted by molar-refractivity contribution is -0.137. The number of nitrogen functional groups attached to an aromatic ring is 1. The maximum absolute atomic E-state index is 17.2. The molecule has 54 heavy (non-hydrogen) atoms. The molecule has 3 fully saturated rings. The third kappa shape index (κ3) is 5.82. The van der Waals surface area contributed by atoms with Gasteiger partial charge in [-0.2, -0.15) is 33.4 Å². The average Bonchev–Trinajstić information content (AvgIpc) is 3.97. The molecule has 3 saturated heterocycles. The van der Waals surface area contributed by atoms with Gasteiger partial charge < -0.3 is 24.8 Å². The van der Waals surface area contributed by atoms with E-state index in [1.54, 1.807) is 11.8 Å². The van der Waals surface area contributed by atoms with Crippen LogP contribution < -0.4 is 15.4 Å². The predicted octanol–water partition coefficient (Wildman–Crippen LogP) is 6.34. The monoisotopic (exact) mass is 771 g/mol. The Labute approximate surface area is 307 Å². The normalized spacial score (nSPS) is 21.6. The zero-order valence-electron chi connectivity index (χ0n) is 28.6. The highest BCUT2D eigenvalue weighted by atomic mass is 32.1. The van der Waals surface area contributed by atoms with Crippen molar-refractivity contribution in [1.29, 1.82) is 5.26 Å². The number of hydrogen-bond donors (Lipinski definition) is 1. The van der Waals surface area contributed by atoms with Gasteiger partial charge in [0.2, 0.25) is 6.39 Å². The van der Waals surface area contributed by atoms with Crippen LogP contribution in [-0.2, 0) is 6.18 Å². The Kier molecular flexibility index (Phi) is 8.79. The van der Waals surface area contributed by atoms with E-state index in [9.17, 15) is 18.8 Å².